The Labute approximate surface area is 173 Å². The zero-order chi connectivity index (χ0) is 21.0. The second-order valence-electron chi connectivity index (χ2n) is 6.65. The number of anilines is 1. The number of hydrogen-bond donors (Lipinski definition) is 2. The molecule has 0 saturated heterocycles. The van der Waals surface area contributed by atoms with E-state index in [0.717, 1.165) is 5.56 Å². The Kier molecular flexibility index (Phi) is 5.60. The van der Waals surface area contributed by atoms with Crippen LogP contribution >= 0.6 is 0 Å². The van der Waals surface area contributed by atoms with Crippen molar-refractivity contribution in [3.63, 3.8) is 0 Å². The fourth-order valence-corrected chi connectivity index (χ4v) is 4.01. The van der Waals surface area contributed by atoms with E-state index in [9.17, 15) is 13.2 Å². The molecule has 0 radical (unpaired) electrons. The Morgan fingerprint density at radius 1 is 0.967 bits per heavy atom. The van der Waals surface area contributed by atoms with Gasteiger partial charge in [-0.1, -0.05) is 30.3 Å². The number of carbonyl (C=O) groups excluding carboxylic acids is 1. The van der Waals surface area contributed by atoms with Crippen molar-refractivity contribution in [2.24, 2.45) is 0 Å². The Morgan fingerprint density at radius 3 is 2.50 bits per heavy atom. The summed E-state index contributed by atoms with van der Waals surface area (Å²) in [6.07, 6.45) is 1.92. The molecule has 7 nitrogen and oxygen atoms in total. The van der Waals surface area contributed by atoms with Crippen LogP contribution < -0.4 is 10.0 Å². The minimum absolute atomic E-state index is 0.137. The molecule has 8 heteroatoms. The number of aromatic nitrogens is 1. The van der Waals surface area contributed by atoms with E-state index in [1.54, 1.807) is 30.3 Å². The van der Waals surface area contributed by atoms with Gasteiger partial charge >= 0.3 is 0 Å². The standard InChI is InChI=1S/C22H19N3O4S/c26-22(17-6-11-21-20(14-17)23-15-29-21)25-18-7-9-19(10-8-18)30(27,28)24-13-12-16-4-2-1-3-5-16/h1-11,14-15,24H,12-13H2,(H,25,26). The maximum Gasteiger partial charge on any atom is 0.255 e. The number of nitrogens with zero attached hydrogens (tertiary/aromatic N) is 1. The zero-order valence-electron chi connectivity index (χ0n) is 15.9. The van der Waals surface area contributed by atoms with Gasteiger partial charge in [-0.05, 0) is 54.4 Å². The molecule has 3 aromatic carbocycles. The molecule has 30 heavy (non-hydrogen) atoms. The molecule has 1 heterocycles. The summed E-state index contributed by atoms with van der Waals surface area (Å²) >= 11 is 0. The first-order valence-corrected chi connectivity index (χ1v) is 10.8. The fourth-order valence-electron chi connectivity index (χ4n) is 2.98. The highest BCUT2D eigenvalue weighted by Crippen LogP contribution is 2.18. The number of hydrogen-bond acceptors (Lipinski definition) is 5. The van der Waals surface area contributed by atoms with Gasteiger partial charge in [0.1, 0.15) is 5.52 Å². The molecule has 0 aliphatic carbocycles. The van der Waals surface area contributed by atoms with Crippen molar-refractivity contribution >= 4 is 32.7 Å². The molecule has 0 unspecified atom stereocenters. The van der Waals surface area contributed by atoms with E-state index >= 15 is 0 Å². The van der Waals surface area contributed by atoms with Gasteiger partial charge in [0, 0.05) is 17.8 Å². The van der Waals surface area contributed by atoms with Crippen molar-refractivity contribution in [3.8, 4) is 0 Å². The lowest BCUT2D eigenvalue weighted by Gasteiger charge is -2.09. The minimum atomic E-state index is -3.63. The molecule has 1 amide bonds. The van der Waals surface area contributed by atoms with Crippen molar-refractivity contribution in [2.75, 3.05) is 11.9 Å². The van der Waals surface area contributed by atoms with Crippen molar-refractivity contribution in [2.45, 2.75) is 11.3 Å². The van der Waals surface area contributed by atoms with Gasteiger partial charge in [0.25, 0.3) is 5.91 Å². The van der Waals surface area contributed by atoms with E-state index in [0.29, 0.717) is 35.3 Å². The molecular weight excluding hydrogens is 402 g/mol. The van der Waals surface area contributed by atoms with Gasteiger partial charge in [0.2, 0.25) is 10.0 Å². The molecule has 0 bridgehead atoms. The summed E-state index contributed by atoms with van der Waals surface area (Å²) in [5, 5.41) is 2.75. The van der Waals surface area contributed by atoms with Crippen LogP contribution in [-0.2, 0) is 16.4 Å². The molecule has 4 aromatic rings. The van der Waals surface area contributed by atoms with E-state index in [-0.39, 0.29) is 10.8 Å². The second-order valence-corrected chi connectivity index (χ2v) is 8.41. The number of carbonyl (C=O) groups is 1. The normalized spacial score (nSPS) is 11.5. The van der Waals surface area contributed by atoms with Crippen LogP contribution in [0.3, 0.4) is 0 Å². The molecule has 2 N–H and O–H groups in total. The molecule has 0 spiro atoms. The Hall–Kier alpha value is -3.49. The quantitative estimate of drug-likeness (QED) is 0.475. The smallest absolute Gasteiger partial charge is 0.255 e. The third-order valence-corrected chi connectivity index (χ3v) is 6.04. The summed E-state index contributed by atoms with van der Waals surface area (Å²) in [7, 11) is -3.63. The molecule has 4 rings (SSSR count). The van der Waals surface area contributed by atoms with Crippen LogP contribution in [0.15, 0.2) is 88.5 Å². The van der Waals surface area contributed by atoms with Gasteiger partial charge in [-0.2, -0.15) is 0 Å². The number of oxazole rings is 1. The van der Waals surface area contributed by atoms with Crippen LogP contribution in [0.2, 0.25) is 0 Å². The van der Waals surface area contributed by atoms with Gasteiger partial charge < -0.3 is 9.73 Å². The maximum atomic E-state index is 12.5. The molecule has 0 aliphatic rings. The van der Waals surface area contributed by atoms with Crippen LogP contribution in [0.5, 0.6) is 0 Å². The number of amides is 1. The van der Waals surface area contributed by atoms with E-state index in [4.69, 9.17) is 4.42 Å². The van der Waals surface area contributed by atoms with Crippen LogP contribution in [0.4, 0.5) is 5.69 Å². The highest BCUT2D eigenvalue weighted by atomic mass is 32.2. The average molecular weight is 421 g/mol. The van der Waals surface area contributed by atoms with Crippen LogP contribution in [0.1, 0.15) is 15.9 Å². The largest absolute Gasteiger partial charge is 0.443 e. The second kappa shape index (κ2) is 8.48. The van der Waals surface area contributed by atoms with E-state index in [1.807, 2.05) is 30.3 Å². The Morgan fingerprint density at radius 2 is 1.73 bits per heavy atom. The summed E-state index contributed by atoms with van der Waals surface area (Å²) in [6, 6.07) is 20.6. The van der Waals surface area contributed by atoms with Gasteiger partial charge in [-0.15, -0.1) is 0 Å². The Balaban J connectivity index is 1.38. The molecule has 0 aliphatic heterocycles. The molecule has 152 valence electrons. The van der Waals surface area contributed by atoms with Gasteiger partial charge in [-0.25, -0.2) is 18.1 Å². The summed E-state index contributed by atoms with van der Waals surface area (Å²) in [5.74, 6) is -0.323. The number of sulfonamides is 1. The third-order valence-electron chi connectivity index (χ3n) is 4.56. The van der Waals surface area contributed by atoms with E-state index in [1.165, 1.54) is 18.5 Å². The highest BCUT2D eigenvalue weighted by molar-refractivity contribution is 7.89. The molecule has 0 saturated carbocycles. The minimum Gasteiger partial charge on any atom is -0.443 e. The molecular formula is C22H19N3O4S. The van der Waals surface area contributed by atoms with Crippen molar-refractivity contribution in [3.05, 3.63) is 90.3 Å². The first-order valence-electron chi connectivity index (χ1n) is 9.29. The lowest BCUT2D eigenvalue weighted by atomic mass is 10.2. The summed E-state index contributed by atoms with van der Waals surface area (Å²) in [6.45, 7) is 0.301. The SMILES string of the molecule is O=C(Nc1ccc(S(=O)(=O)NCCc2ccccc2)cc1)c1ccc2ocnc2c1. The van der Waals surface area contributed by atoms with Crippen LogP contribution in [0.25, 0.3) is 11.1 Å². The lowest BCUT2D eigenvalue weighted by Crippen LogP contribution is -2.26. The van der Waals surface area contributed by atoms with Gasteiger partial charge in [0.05, 0.1) is 4.90 Å². The van der Waals surface area contributed by atoms with Crippen molar-refractivity contribution < 1.29 is 17.6 Å². The van der Waals surface area contributed by atoms with Crippen molar-refractivity contribution in [1.29, 1.82) is 0 Å². The predicted molar refractivity (Wildman–Crippen MR) is 114 cm³/mol. The van der Waals surface area contributed by atoms with Crippen LogP contribution in [0, 0.1) is 0 Å². The Bertz CT molecular complexity index is 1270. The number of benzene rings is 3. The third kappa shape index (κ3) is 4.56. The molecule has 1 aromatic heterocycles. The average Bonchev–Trinajstić information content (AvgIpc) is 3.23. The predicted octanol–water partition coefficient (Wildman–Crippen LogP) is 3.60. The number of fused-ring (bicyclic) bond motifs is 1. The first kappa shape index (κ1) is 19.8. The summed E-state index contributed by atoms with van der Waals surface area (Å²) < 4.78 is 32.7. The summed E-state index contributed by atoms with van der Waals surface area (Å²) in [4.78, 5) is 16.6. The van der Waals surface area contributed by atoms with Gasteiger partial charge in [0.15, 0.2) is 12.0 Å². The number of nitrogens with one attached hydrogen (secondary N) is 2. The zero-order valence-corrected chi connectivity index (χ0v) is 16.7. The maximum absolute atomic E-state index is 12.5. The summed E-state index contributed by atoms with van der Waals surface area (Å²) in [5.41, 5.74) is 3.16. The highest BCUT2D eigenvalue weighted by Gasteiger charge is 2.14. The lowest BCUT2D eigenvalue weighted by molar-refractivity contribution is 0.102. The number of rotatable bonds is 7. The first-order chi connectivity index (χ1) is 14.5. The van der Waals surface area contributed by atoms with E-state index in [2.05, 4.69) is 15.0 Å². The molecule has 0 fully saturated rings. The van der Waals surface area contributed by atoms with Crippen molar-refractivity contribution in [1.82, 2.24) is 9.71 Å². The fraction of sp³-hybridized carbons (Fsp3) is 0.0909. The monoisotopic (exact) mass is 421 g/mol. The topological polar surface area (TPSA) is 101 Å². The van der Waals surface area contributed by atoms with Crippen LogP contribution in [-0.4, -0.2) is 25.9 Å². The molecule has 0 atom stereocenters. The van der Waals surface area contributed by atoms with Gasteiger partial charge in [-0.3, -0.25) is 4.79 Å². The van der Waals surface area contributed by atoms with E-state index < -0.39 is 10.0 Å².